The van der Waals surface area contributed by atoms with Crippen molar-refractivity contribution in [2.24, 2.45) is 5.84 Å². The van der Waals surface area contributed by atoms with Gasteiger partial charge in [0.25, 0.3) is 0 Å². The van der Waals surface area contributed by atoms with Crippen molar-refractivity contribution < 1.29 is 9.13 Å². The molecule has 16 heavy (non-hydrogen) atoms. The number of benzene rings is 1. The SMILES string of the molecule is CCOC(CC)C(NN)c1ccc(F)cc1. The van der Waals surface area contributed by atoms with E-state index in [1.165, 1.54) is 12.1 Å². The van der Waals surface area contributed by atoms with E-state index >= 15 is 0 Å². The molecule has 1 aromatic carbocycles. The van der Waals surface area contributed by atoms with Crippen LogP contribution in [0, 0.1) is 5.82 Å². The fourth-order valence-electron chi connectivity index (χ4n) is 1.75. The summed E-state index contributed by atoms with van der Waals surface area (Å²) in [7, 11) is 0. The minimum Gasteiger partial charge on any atom is -0.376 e. The second-order valence-electron chi connectivity index (χ2n) is 3.60. The van der Waals surface area contributed by atoms with Crippen LogP contribution in [-0.2, 0) is 4.74 Å². The van der Waals surface area contributed by atoms with E-state index in [0.29, 0.717) is 6.61 Å². The molecule has 0 amide bonds. The highest BCUT2D eigenvalue weighted by Gasteiger charge is 2.20. The predicted octanol–water partition coefficient (Wildman–Crippen LogP) is 2.15. The Morgan fingerprint density at radius 3 is 2.38 bits per heavy atom. The Morgan fingerprint density at radius 1 is 1.31 bits per heavy atom. The molecular weight excluding hydrogens is 207 g/mol. The van der Waals surface area contributed by atoms with E-state index in [0.717, 1.165) is 12.0 Å². The number of hydrogen-bond donors (Lipinski definition) is 2. The highest BCUT2D eigenvalue weighted by molar-refractivity contribution is 5.20. The summed E-state index contributed by atoms with van der Waals surface area (Å²) in [5.74, 6) is 5.28. The Morgan fingerprint density at radius 2 is 1.94 bits per heavy atom. The van der Waals surface area contributed by atoms with Crippen LogP contribution in [0.25, 0.3) is 0 Å². The van der Waals surface area contributed by atoms with Gasteiger partial charge in [0.15, 0.2) is 0 Å². The molecule has 0 fully saturated rings. The number of ether oxygens (including phenoxy) is 1. The molecule has 1 aromatic rings. The lowest BCUT2D eigenvalue weighted by atomic mass is 10.00. The van der Waals surface area contributed by atoms with E-state index < -0.39 is 0 Å². The molecule has 0 aliphatic rings. The van der Waals surface area contributed by atoms with Gasteiger partial charge in [-0.15, -0.1) is 0 Å². The maximum atomic E-state index is 12.8. The number of nitrogens with two attached hydrogens (primary N) is 1. The Balaban J connectivity index is 2.83. The lowest BCUT2D eigenvalue weighted by molar-refractivity contribution is 0.0314. The molecule has 0 aromatic heterocycles. The zero-order valence-corrected chi connectivity index (χ0v) is 9.74. The number of rotatable bonds is 6. The molecule has 0 bridgehead atoms. The largest absolute Gasteiger partial charge is 0.376 e. The van der Waals surface area contributed by atoms with Crippen LogP contribution in [0.5, 0.6) is 0 Å². The summed E-state index contributed by atoms with van der Waals surface area (Å²) in [6.45, 7) is 4.62. The number of halogens is 1. The van der Waals surface area contributed by atoms with Crippen LogP contribution in [0.1, 0.15) is 31.9 Å². The zero-order chi connectivity index (χ0) is 12.0. The molecule has 4 heteroatoms. The average molecular weight is 226 g/mol. The molecule has 90 valence electrons. The molecule has 0 aliphatic heterocycles. The van der Waals surface area contributed by atoms with Crippen molar-refractivity contribution in [3.05, 3.63) is 35.6 Å². The quantitative estimate of drug-likeness (QED) is 0.577. The van der Waals surface area contributed by atoms with Crippen molar-refractivity contribution in [1.82, 2.24) is 5.43 Å². The molecule has 0 aliphatic carbocycles. The summed E-state index contributed by atoms with van der Waals surface area (Å²) >= 11 is 0. The van der Waals surface area contributed by atoms with Crippen molar-refractivity contribution in [2.75, 3.05) is 6.61 Å². The predicted molar refractivity (Wildman–Crippen MR) is 62.2 cm³/mol. The molecule has 0 saturated heterocycles. The summed E-state index contributed by atoms with van der Waals surface area (Å²) in [4.78, 5) is 0. The number of hydrogen-bond acceptors (Lipinski definition) is 3. The smallest absolute Gasteiger partial charge is 0.123 e. The molecule has 1 rings (SSSR count). The molecular formula is C12H19FN2O. The summed E-state index contributed by atoms with van der Waals surface area (Å²) in [6.07, 6.45) is 0.848. The van der Waals surface area contributed by atoms with Crippen LogP contribution < -0.4 is 11.3 Å². The monoisotopic (exact) mass is 226 g/mol. The van der Waals surface area contributed by atoms with Crippen molar-refractivity contribution in [3.63, 3.8) is 0 Å². The zero-order valence-electron chi connectivity index (χ0n) is 9.74. The van der Waals surface area contributed by atoms with Gasteiger partial charge < -0.3 is 4.74 Å². The van der Waals surface area contributed by atoms with Crippen LogP contribution >= 0.6 is 0 Å². The van der Waals surface area contributed by atoms with Gasteiger partial charge in [-0.1, -0.05) is 19.1 Å². The van der Waals surface area contributed by atoms with Gasteiger partial charge in [0, 0.05) is 6.61 Å². The van der Waals surface area contributed by atoms with E-state index in [-0.39, 0.29) is 18.0 Å². The van der Waals surface area contributed by atoms with Gasteiger partial charge in [-0.25, -0.2) is 4.39 Å². The van der Waals surface area contributed by atoms with Gasteiger partial charge in [-0.2, -0.15) is 0 Å². The molecule has 0 radical (unpaired) electrons. The van der Waals surface area contributed by atoms with Crippen molar-refractivity contribution in [2.45, 2.75) is 32.4 Å². The topological polar surface area (TPSA) is 47.3 Å². The van der Waals surface area contributed by atoms with E-state index in [4.69, 9.17) is 10.6 Å². The molecule has 2 atom stereocenters. The number of nitrogens with one attached hydrogen (secondary N) is 1. The fraction of sp³-hybridized carbons (Fsp3) is 0.500. The Bertz CT molecular complexity index is 302. The van der Waals surface area contributed by atoms with Crippen LogP contribution in [-0.4, -0.2) is 12.7 Å². The van der Waals surface area contributed by atoms with Crippen LogP contribution in [0.15, 0.2) is 24.3 Å². The third-order valence-corrected chi connectivity index (χ3v) is 2.56. The lowest BCUT2D eigenvalue weighted by Crippen LogP contribution is -2.37. The van der Waals surface area contributed by atoms with Gasteiger partial charge in [-0.05, 0) is 31.0 Å². The van der Waals surface area contributed by atoms with Crippen molar-refractivity contribution in [1.29, 1.82) is 0 Å². The highest BCUT2D eigenvalue weighted by atomic mass is 19.1. The minimum atomic E-state index is -0.246. The summed E-state index contributed by atoms with van der Waals surface area (Å²) < 4.78 is 18.4. The maximum Gasteiger partial charge on any atom is 0.123 e. The normalized spacial score (nSPS) is 14.8. The first kappa shape index (κ1) is 13.1. The Hall–Kier alpha value is -0.970. The second kappa shape index (κ2) is 6.58. The minimum absolute atomic E-state index is 0.000427. The van der Waals surface area contributed by atoms with Crippen LogP contribution in [0.4, 0.5) is 4.39 Å². The van der Waals surface area contributed by atoms with Gasteiger partial charge in [0.05, 0.1) is 12.1 Å². The van der Waals surface area contributed by atoms with Gasteiger partial charge in [0.1, 0.15) is 5.82 Å². The Labute approximate surface area is 95.8 Å². The Kier molecular flexibility index (Phi) is 5.38. The summed E-state index contributed by atoms with van der Waals surface area (Å²) in [5.41, 5.74) is 3.66. The molecule has 0 spiro atoms. The van der Waals surface area contributed by atoms with Crippen molar-refractivity contribution in [3.8, 4) is 0 Å². The molecule has 2 unspecified atom stereocenters. The summed E-state index contributed by atoms with van der Waals surface area (Å²) in [6, 6.07) is 6.20. The molecule has 3 nitrogen and oxygen atoms in total. The molecule has 3 N–H and O–H groups in total. The lowest BCUT2D eigenvalue weighted by Gasteiger charge is -2.25. The van der Waals surface area contributed by atoms with Crippen molar-refractivity contribution >= 4 is 0 Å². The average Bonchev–Trinajstić information content (AvgIpc) is 2.31. The fourth-order valence-corrected chi connectivity index (χ4v) is 1.75. The first-order valence-electron chi connectivity index (χ1n) is 5.56. The third-order valence-electron chi connectivity index (χ3n) is 2.56. The van der Waals surface area contributed by atoms with Crippen LogP contribution in [0.2, 0.25) is 0 Å². The molecule has 0 heterocycles. The van der Waals surface area contributed by atoms with E-state index in [2.05, 4.69) is 5.43 Å². The second-order valence-corrected chi connectivity index (χ2v) is 3.60. The van der Waals surface area contributed by atoms with E-state index in [9.17, 15) is 4.39 Å². The molecule has 0 saturated carbocycles. The standard InChI is InChI=1S/C12H19FN2O/c1-3-11(16-4-2)12(15-14)9-5-7-10(13)8-6-9/h5-8,11-12,15H,3-4,14H2,1-2H3. The maximum absolute atomic E-state index is 12.8. The van der Waals surface area contributed by atoms with Gasteiger partial charge in [-0.3, -0.25) is 11.3 Å². The number of hydrazine groups is 1. The van der Waals surface area contributed by atoms with E-state index in [1.807, 2.05) is 13.8 Å². The first-order chi connectivity index (χ1) is 7.72. The van der Waals surface area contributed by atoms with E-state index in [1.54, 1.807) is 12.1 Å². The van der Waals surface area contributed by atoms with Gasteiger partial charge >= 0.3 is 0 Å². The van der Waals surface area contributed by atoms with Gasteiger partial charge in [0.2, 0.25) is 0 Å². The first-order valence-corrected chi connectivity index (χ1v) is 5.56. The third kappa shape index (κ3) is 3.27. The summed E-state index contributed by atoms with van der Waals surface area (Å²) in [5, 5.41) is 0. The highest BCUT2D eigenvalue weighted by Crippen LogP contribution is 2.21. The van der Waals surface area contributed by atoms with Crippen LogP contribution in [0.3, 0.4) is 0 Å².